The molecule has 0 atom stereocenters. The summed E-state index contributed by atoms with van der Waals surface area (Å²) < 4.78 is 0. The first-order valence-corrected chi connectivity index (χ1v) is 6.65. The zero-order valence-corrected chi connectivity index (χ0v) is 11.3. The zero-order chi connectivity index (χ0) is 12.7. The smallest absolute Gasteiger partial charge is 0.121 e. The summed E-state index contributed by atoms with van der Waals surface area (Å²) in [7, 11) is 0. The number of nitrogens with one attached hydrogen (secondary N) is 1. The van der Waals surface area contributed by atoms with Crippen LogP contribution in [0.2, 0.25) is 0 Å². The van der Waals surface area contributed by atoms with Crippen LogP contribution in [0.25, 0.3) is 0 Å². The van der Waals surface area contributed by atoms with Gasteiger partial charge in [-0.25, -0.2) is 0 Å². The van der Waals surface area contributed by atoms with Gasteiger partial charge in [0.1, 0.15) is 5.75 Å². The first-order chi connectivity index (χ1) is 8.15. The fourth-order valence-electron chi connectivity index (χ4n) is 2.06. The Kier molecular flexibility index (Phi) is 6.06. The van der Waals surface area contributed by atoms with Crippen molar-refractivity contribution in [3.63, 3.8) is 0 Å². The summed E-state index contributed by atoms with van der Waals surface area (Å²) >= 11 is 0. The highest BCUT2D eigenvalue weighted by Gasteiger charge is 2.02. The molecular weight excluding hydrogens is 210 g/mol. The second-order valence-corrected chi connectivity index (χ2v) is 4.82. The first-order valence-electron chi connectivity index (χ1n) is 6.65. The number of aromatic hydroxyl groups is 1. The molecule has 0 aliphatic carbocycles. The molecule has 0 heterocycles. The molecule has 0 aromatic heterocycles. The summed E-state index contributed by atoms with van der Waals surface area (Å²) in [6, 6.07) is 4.11. The van der Waals surface area contributed by atoms with Crippen LogP contribution in [-0.4, -0.2) is 11.7 Å². The van der Waals surface area contributed by atoms with Crippen molar-refractivity contribution >= 4 is 0 Å². The van der Waals surface area contributed by atoms with Crippen molar-refractivity contribution in [3.05, 3.63) is 28.8 Å². The molecule has 2 nitrogen and oxygen atoms in total. The lowest BCUT2D eigenvalue weighted by Gasteiger charge is -2.09. The minimum atomic E-state index is 0.427. The lowest BCUT2D eigenvalue weighted by Crippen LogP contribution is -2.14. The van der Waals surface area contributed by atoms with Crippen LogP contribution < -0.4 is 5.32 Å². The largest absolute Gasteiger partial charge is 0.507 e. The normalized spacial score (nSPS) is 10.8. The van der Waals surface area contributed by atoms with Gasteiger partial charge < -0.3 is 10.4 Å². The van der Waals surface area contributed by atoms with Crippen molar-refractivity contribution in [2.45, 2.75) is 53.0 Å². The Balaban J connectivity index is 2.32. The van der Waals surface area contributed by atoms with Gasteiger partial charge >= 0.3 is 0 Å². The summed E-state index contributed by atoms with van der Waals surface area (Å²) in [6.45, 7) is 8.11. The molecule has 2 heteroatoms. The van der Waals surface area contributed by atoms with Crippen molar-refractivity contribution in [2.75, 3.05) is 6.54 Å². The molecule has 0 amide bonds. The predicted molar refractivity (Wildman–Crippen MR) is 73.4 cm³/mol. The third kappa shape index (κ3) is 4.78. The van der Waals surface area contributed by atoms with Gasteiger partial charge in [-0.15, -0.1) is 0 Å². The molecule has 0 aliphatic rings. The van der Waals surface area contributed by atoms with E-state index in [0.717, 1.165) is 24.2 Å². The van der Waals surface area contributed by atoms with E-state index < -0.39 is 0 Å². The Morgan fingerprint density at radius 2 is 1.71 bits per heavy atom. The molecule has 0 saturated carbocycles. The van der Waals surface area contributed by atoms with Crippen LogP contribution in [0.3, 0.4) is 0 Å². The maximum atomic E-state index is 9.68. The van der Waals surface area contributed by atoms with Gasteiger partial charge in [0.2, 0.25) is 0 Å². The summed E-state index contributed by atoms with van der Waals surface area (Å²) in [4.78, 5) is 0. The Morgan fingerprint density at radius 1 is 1.06 bits per heavy atom. The molecule has 0 saturated heterocycles. The number of rotatable bonds is 7. The quantitative estimate of drug-likeness (QED) is 0.707. The monoisotopic (exact) mass is 235 g/mol. The van der Waals surface area contributed by atoms with Crippen LogP contribution in [0.1, 0.15) is 49.3 Å². The molecule has 0 aliphatic heterocycles. The molecule has 0 bridgehead atoms. The third-order valence-corrected chi connectivity index (χ3v) is 3.09. The summed E-state index contributed by atoms with van der Waals surface area (Å²) in [5, 5.41) is 13.1. The van der Waals surface area contributed by atoms with Gasteiger partial charge in [0.05, 0.1) is 0 Å². The van der Waals surface area contributed by atoms with Gasteiger partial charge in [-0.05, 0) is 43.5 Å². The minimum Gasteiger partial charge on any atom is -0.507 e. The number of unbranched alkanes of at least 4 members (excludes halogenated alkanes) is 3. The molecule has 2 N–H and O–H groups in total. The molecule has 17 heavy (non-hydrogen) atoms. The van der Waals surface area contributed by atoms with E-state index in [2.05, 4.69) is 24.4 Å². The molecule has 1 aromatic carbocycles. The van der Waals surface area contributed by atoms with E-state index in [1.807, 2.05) is 13.8 Å². The Bertz CT molecular complexity index is 324. The van der Waals surface area contributed by atoms with E-state index in [4.69, 9.17) is 0 Å². The summed E-state index contributed by atoms with van der Waals surface area (Å²) in [6.07, 6.45) is 5.19. The Morgan fingerprint density at radius 3 is 2.29 bits per heavy atom. The van der Waals surface area contributed by atoms with Crippen molar-refractivity contribution < 1.29 is 5.11 Å². The highest BCUT2D eigenvalue weighted by Crippen LogP contribution is 2.22. The average Bonchev–Trinajstić information content (AvgIpc) is 2.30. The Hall–Kier alpha value is -1.02. The molecule has 1 rings (SSSR count). The van der Waals surface area contributed by atoms with E-state index in [1.54, 1.807) is 0 Å². The van der Waals surface area contributed by atoms with Crippen molar-refractivity contribution in [3.8, 4) is 5.75 Å². The zero-order valence-electron chi connectivity index (χ0n) is 11.3. The van der Waals surface area contributed by atoms with E-state index in [0.29, 0.717) is 5.75 Å². The topological polar surface area (TPSA) is 32.3 Å². The molecule has 96 valence electrons. The van der Waals surface area contributed by atoms with Crippen LogP contribution in [-0.2, 0) is 6.54 Å². The van der Waals surface area contributed by atoms with E-state index in [9.17, 15) is 5.11 Å². The SMILES string of the molecule is CCCCCCNCc1cc(C)c(O)c(C)c1. The Labute approximate surface area is 105 Å². The van der Waals surface area contributed by atoms with Gasteiger partial charge in [0.25, 0.3) is 0 Å². The highest BCUT2D eigenvalue weighted by atomic mass is 16.3. The van der Waals surface area contributed by atoms with Gasteiger partial charge in [-0.2, -0.15) is 0 Å². The van der Waals surface area contributed by atoms with Crippen molar-refractivity contribution in [2.24, 2.45) is 0 Å². The average molecular weight is 235 g/mol. The number of phenolic OH excluding ortho intramolecular Hbond substituents is 1. The van der Waals surface area contributed by atoms with Crippen LogP contribution in [0.15, 0.2) is 12.1 Å². The van der Waals surface area contributed by atoms with Crippen molar-refractivity contribution in [1.82, 2.24) is 5.32 Å². The fraction of sp³-hybridized carbons (Fsp3) is 0.600. The van der Waals surface area contributed by atoms with E-state index in [-0.39, 0.29) is 0 Å². The number of benzene rings is 1. The van der Waals surface area contributed by atoms with Gasteiger partial charge in [0.15, 0.2) is 0 Å². The molecule has 0 fully saturated rings. The maximum Gasteiger partial charge on any atom is 0.121 e. The fourth-order valence-corrected chi connectivity index (χ4v) is 2.06. The van der Waals surface area contributed by atoms with E-state index >= 15 is 0 Å². The lowest BCUT2D eigenvalue weighted by atomic mass is 10.1. The standard InChI is InChI=1S/C15H25NO/c1-4-5-6-7-8-16-11-14-9-12(2)15(17)13(3)10-14/h9-10,16-17H,4-8,11H2,1-3H3. The van der Waals surface area contributed by atoms with E-state index in [1.165, 1.54) is 31.2 Å². The molecule has 0 spiro atoms. The van der Waals surface area contributed by atoms with Crippen LogP contribution in [0.4, 0.5) is 0 Å². The van der Waals surface area contributed by atoms with Gasteiger partial charge in [-0.1, -0.05) is 38.3 Å². The van der Waals surface area contributed by atoms with Crippen LogP contribution >= 0.6 is 0 Å². The van der Waals surface area contributed by atoms with Crippen LogP contribution in [0.5, 0.6) is 5.75 Å². The summed E-state index contributed by atoms with van der Waals surface area (Å²) in [5.74, 6) is 0.427. The second kappa shape index (κ2) is 7.33. The highest BCUT2D eigenvalue weighted by molar-refractivity contribution is 5.42. The number of phenols is 1. The maximum absolute atomic E-state index is 9.68. The molecule has 1 aromatic rings. The van der Waals surface area contributed by atoms with Crippen molar-refractivity contribution in [1.29, 1.82) is 0 Å². The predicted octanol–water partition coefficient (Wildman–Crippen LogP) is 3.68. The second-order valence-electron chi connectivity index (χ2n) is 4.82. The summed E-state index contributed by atoms with van der Waals surface area (Å²) in [5.41, 5.74) is 3.19. The lowest BCUT2D eigenvalue weighted by molar-refractivity contribution is 0.466. The molecule has 0 unspecified atom stereocenters. The van der Waals surface area contributed by atoms with Gasteiger partial charge in [0, 0.05) is 6.54 Å². The molecule has 0 radical (unpaired) electrons. The number of aryl methyl sites for hydroxylation is 2. The molecular formula is C15H25NO. The first kappa shape index (κ1) is 14.0. The van der Waals surface area contributed by atoms with Gasteiger partial charge in [-0.3, -0.25) is 0 Å². The number of hydrogen-bond acceptors (Lipinski definition) is 2. The third-order valence-electron chi connectivity index (χ3n) is 3.09. The number of hydrogen-bond donors (Lipinski definition) is 2. The van der Waals surface area contributed by atoms with Crippen LogP contribution in [0, 0.1) is 13.8 Å². The minimum absolute atomic E-state index is 0.427.